The van der Waals surface area contributed by atoms with E-state index in [1.807, 2.05) is 18.2 Å². The fourth-order valence-electron chi connectivity index (χ4n) is 2.95. The van der Waals surface area contributed by atoms with Crippen molar-refractivity contribution in [3.8, 4) is 0 Å². The number of hydrogen-bond donors (Lipinski definition) is 1. The zero-order chi connectivity index (χ0) is 12.5. The van der Waals surface area contributed by atoms with Gasteiger partial charge in [-0.3, -0.25) is 4.79 Å². The summed E-state index contributed by atoms with van der Waals surface area (Å²) in [6.45, 7) is 4.27. The SMILES string of the molecule is CCC(C)CC1(C(=O)O)CCc2ccccc21. The molecule has 2 heteroatoms. The number of carbonyl (C=O) groups is 1. The molecule has 0 aromatic heterocycles. The van der Waals surface area contributed by atoms with E-state index in [9.17, 15) is 9.90 Å². The van der Waals surface area contributed by atoms with Gasteiger partial charge in [0.1, 0.15) is 0 Å². The first-order valence-electron chi connectivity index (χ1n) is 6.42. The molecule has 0 heterocycles. The quantitative estimate of drug-likeness (QED) is 0.864. The molecule has 0 radical (unpaired) electrons. The van der Waals surface area contributed by atoms with Crippen LogP contribution in [0, 0.1) is 5.92 Å². The van der Waals surface area contributed by atoms with Crippen LogP contribution in [0.15, 0.2) is 24.3 Å². The fourth-order valence-corrected chi connectivity index (χ4v) is 2.95. The molecule has 1 aliphatic carbocycles. The lowest BCUT2D eigenvalue weighted by atomic mass is 9.74. The summed E-state index contributed by atoms with van der Waals surface area (Å²) in [6, 6.07) is 8.02. The molecule has 0 saturated heterocycles. The van der Waals surface area contributed by atoms with Crippen LogP contribution in [0.2, 0.25) is 0 Å². The van der Waals surface area contributed by atoms with Crippen molar-refractivity contribution in [1.29, 1.82) is 0 Å². The van der Waals surface area contributed by atoms with Crippen LogP contribution >= 0.6 is 0 Å². The molecule has 0 fully saturated rings. The van der Waals surface area contributed by atoms with Crippen molar-refractivity contribution >= 4 is 5.97 Å². The number of aliphatic carboxylic acids is 1. The summed E-state index contributed by atoms with van der Waals surface area (Å²) in [6.07, 6.45) is 3.46. The first-order chi connectivity index (χ1) is 8.10. The molecule has 2 rings (SSSR count). The van der Waals surface area contributed by atoms with Crippen LogP contribution in [0.4, 0.5) is 0 Å². The molecule has 0 aliphatic heterocycles. The van der Waals surface area contributed by atoms with E-state index in [0.29, 0.717) is 5.92 Å². The van der Waals surface area contributed by atoms with Crippen molar-refractivity contribution in [3.63, 3.8) is 0 Å². The summed E-state index contributed by atoms with van der Waals surface area (Å²) in [7, 11) is 0. The molecule has 0 amide bonds. The molecule has 17 heavy (non-hydrogen) atoms. The second-order valence-corrected chi connectivity index (χ2v) is 5.26. The zero-order valence-corrected chi connectivity index (χ0v) is 10.6. The van der Waals surface area contributed by atoms with Gasteiger partial charge in [0.15, 0.2) is 0 Å². The van der Waals surface area contributed by atoms with Crippen molar-refractivity contribution in [3.05, 3.63) is 35.4 Å². The number of fused-ring (bicyclic) bond motifs is 1. The van der Waals surface area contributed by atoms with Crippen LogP contribution in [-0.2, 0) is 16.6 Å². The third kappa shape index (κ3) is 1.97. The lowest BCUT2D eigenvalue weighted by Crippen LogP contribution is -2.35. The number of carboxylic acids is 1. The van der Waals surface area contributed by atoms with Crippen molar-refractivity contribution in [2.24, 2.45) is 5.92 Å². The summed E-state index contributed by atoms with van der Waals surface area (Å²) < 4.78 is 0. The van der Waals surface area contributed by atoms with Gasteiger partial charge in [0, 0.05) is 0 Å². The number of carboxylic acid groups (broad SMARTS) is 1. The Balaban J connectivity index is 2.41. The maximum atomic E-state index is 11.7. The van der Waals surface area contributed by atoms with Gasteiger partial charge in [0.05, 0.1) is 5.41 Å². The van der Waals surface area contributed by atoms with Gasteiger partial charge in [0.2, 0.25) is 0 Å². The predicted molar refractivity (Wildman–Crippen MR) is 68.1 cm³/mol. The molecular formula is C15H20O2. The number of benzene rings is 1. The van der Waals surface area contributed by atoms with E-state index < -0.39 is 11.4 Å². The maximum absolute atomic E-state index is 11.7. The maximum Gasteiger partial charge on any atom is 0.314 e. The summed E-state index contributed by atoms with van der Waals surface area (Å²) >= 11 is 0. The fraction of sp³-hybridized carbons (Fsp3) is 0.533. The van der Waals surface area contributed by atoms with E-state index >= 15 is 0 Å². The van der Waals surface area contributed by atoms with Crippen molar-refractivity contribution in [2.75, 3.05) is 0 Å². The predicted octanol–water partition coefficient (Wildman–Crippen LogP) is 3.39. The zero-order valence-electron chi connectivity index (χ0n) is 10.6. The molecule has 2 atom stereocenters. The topological polar surface area (TPSA) is 37.3 Å². The van der Waals surface area contributed by atoms with E-state index in [1.165, 1.54) is 5.56 Å². The standard InChI is InChI=1S/C15H20O2/c1-3-11(2)10-15(14(16)17)9-8-12-6-4-5-7-13(12)15/h4-7,11H,3,8-10H2,1-2H3,(H,16,17). The van der Waals surface area contributed by atoms with E-state index in [4.69, 9.17) is 0 Å². The summed E-state index contributed by atoms with van der Waals surface area (Å²) in [4.78, 5) is 11.7. The highest BCUT2D eigenvalue weighted by Crippen LogP contribution is 2.44. The van der Waals surface area contributed by atoms with Crippen molar-refractivity contribution in [1.82, 2.24) is 0 Å². The molecule has 0 spiro atoms. The van der Waals surface area contributed by atoms with E-state index in [2.05, 4.69) is 19.9 Å². The Kier molecular flexibility index (Phi) is 3.23. The Morgan fingerprint density at radius 1 is 1.47 bits per heavy atom. The minimum Gasteiger partial charge on any atom is -0.481 e. The lowest BCUT2D eigenvalue weighted by molar-refractivity contribution is -0.144. The summed E-state index contributed by atoms with van der Waals surface area (Å²) in [5.74, 6) is -0.194. The molecule has 92 valence electrons. The van der Waals surface area contributed by atoms with Gasteiger partial charge in [-0.1, -0.05) is 44.5 Å². The largest absolute Gasteiger partial charge is 0.481 e. The molecule has 1 N–H and O–H groups in total. The van der Waals surface area contributed by atoms with Gasteiger partial charge in [-0.15, -0.1) is 0 Å². The van der Waals surface area contributed by atoms with Gasteiger partial charge in [0.25, 0.3) is 0 Å². The van der Waals surface area contributed by atoms with Crippen LogP contribution in [-0.4, -0.2) is 11.1 Å². The van der Waals surface area contributed by atoms with Crippen LogP contribution in [0.3, 0.4) is 0 Å². The Morgan fingerprint density at radius 2 is 2.18 bits per heavy atom. The van der Waals surface area contributed by atoms with E-state index in [1.54, 1.807) is 0 Å². The lowest BCUT2D eigenvalue weighted by Gasteiger charge is -2.28. The normalized spacial score (nSPS) is 24.4. The van der Waals surface area contributed by atoms with Crippen LogP contribution in [0.25, 0.3) is 0 Å². The second kappa shape index (κ2) is 4.52. The van der Waals surface area contributed by atoms with E-state index in [0.717, 1.165) is 31.2 Å². The Hall–Kier alpha value is -1.31. The van der Waals surface area contributed by atoms with Crippen LogP contribution in [0.5, 0.6) is 0 Å². The monoisotopic (exact) mass is 232 g/mol. The summed E-state index contributed by atoms with van der Waals surface area (Å²) in [5.41, 5.74) is 1.64. The first kappa shape index (κ1) is 12.2. The van der Waals surface area contributed by atoms with Crippen LogP contribution < -0.4 is 0 Å². The number of rotatable bonds is 4. The third-order valence-corrected chi connectivity index (χ3v) is 4.16. The first-order valence-corrected chi connectivity index (χ1v) is 6.42. The highest BCUT2D eigenvalue weighted by molar-refractivity contribution is 5.83. The van der Waals surface area contributed by atoms with Gasteiger partial charge in [-0.05, 0) is 36.3 Å². The van der Waals surface area contributed by atoms with Gasteiger partial charge < -0.3 is 5.11 Å². The third-order valence-electron chi connectivity index (χ3n) is 4.16. The van der Waals surface area contributed by atoms with Gasteiger partial charge >= 0.3 is 5.97 Å². The van der Waals surface area contributed by atoms with Crippen LogP contribution in [0.1, 0.15) is 44.2 Å². The Bertz CT molecular complexity index is 425. The molecule has 2 nitrogen and oxygen atoms in total. The molecule has 0 bridgehead atoms. The second-order valence-electron chi connectivity index (χ2n) is 5.26. The molecular weight excluding hydrogens is 212 g/mol. The molecule has 0 saturated carbocycles. The number of aryl methyl sites for hydroxylation is 1. The highest BCUT2D eigenvalue weighted by atomic mass is 16.4. The smallest absolute Gasteiger partial charge is 0.314 e. The molecule has 1 aliphatic rings. The van der Waals surface area contributed by atoms with Crippen molar-refractivity contribution in [2.45, 2.75) is 44.9 Å². The van der Waals surface area contributed by atoms with E-state index in [-0.39, 0.29) is 0 Å². The minimum absolute atomic E-state index is 0.456. The summed E-state index contributed by atoms with van der Waals surface area (Å²) in [5, 5.41) is 9.65. The van der Waals surface area contributed by atoms with Gasteiger partial charge in [-0.25, -0.2) is 0 Å². The van der Waals surface area contributed by atoms with Crippen molar-refractivity contribution < 1.29 is 9.90 Å². The Morgan fingerprint density at radius 3 is 2.82 bits per heavy atom. The molecule has 2 unspecified atom stereocenters. The minimum atomic E-state index is -0.650. The number of hydrogen-bond acceptors (Lipinski definition) is 1. The molecule has 1 aromatic carbocycles. The molecule has 1 aromatic rings. The van der Waals surface area contributed by atoms with Gasteiger partial charge in [-0.2, -0.15) is 0 Å². The Labute approximate surface area is 103 Å². The highest BCUT2D eigenvalue weighted by Gasteiger charge is 2.45. The average molecular weight is 232 g/mol. The average Bonchev–Trinajstić information content (AvgIpc) is 2.70.